The van der Waals surface area contributed by atoms with Crippen LogP contribution in [-0.4, -0.2) is 35.6 Å². The third kappa shape index (κ3) is 3.09. The monoisotopic (exact) mass is 307 g/mol. The van der Waals surface area contributed by atoms with E-state index in [1.807, 2.05) is 31.3 Å². The van der Waals surface area contributed by atoms with Gasteiger partial charge in [0.2, 0.25) is 5.91 Å². The lowest BCUT2D eigenvalue weighted by molar-refractivity contribution is -0.132. The molecule has 1 aromatic rings. The van der Waals surface area contributed by atoms with Crippen LogP contribution in [0.4, 0.5) is 0 Å². The van der Waals surface area contributed by atoms with Gasteiger partial charge in [0.15, 0.2) is 0 Å². The molecule has 0 aliphatic heterocycles. The lowest BCUT2D eigenvalue weighted by atomic mass is 10.0. The molecule has 0 aromatic heterocycles. The van der Waals surface area contributed by atoms with Crippen LogP contribution in [0.1, 0.15) is 37.2 Å². The number of nitrogens with zero attached hydrogens (tertiary/aromatic N) is 1. The van der Waals surface area contributed by atoms with Crippen LogP contribution in [0.15, 0.2) is 24.3 Å². The van der Waals surface area contributed by atoms with Crippen molar-refractivity contribution in [3.8, 4) is 0 Å². The number of hydrogen-bond donors (Lipinski definition) is 1. The molecule has 4 heteroatoms. The summed E-state index contributed by atoms with van der Waals surface area (Å²) >= 11 is 6.21. The predicted molar refractivity (Wildman–Crippen MR) is 83.3 cm³/mol. The second-order valence-corrected chi connectivity index (χ2v) is 6.85. The zero-order chi connectivity index (χ0) is 15.0. The smallest absolute Gasteiger partial charge is 0.226 e. The van der Waals surface area contributed by atoms with Gasteiger partial charge in [-0.05, 0) is 36.8 Å². The Hall–Kier alpha value is -1.06. The van der Waals surface area contributed by atoms with E-state index in [0.717, 1.165) is 36.3 Å². The average Bonchev–Trinajstić information content (AvgIpc) is 3.16. The normalized spacial score (nSPS) is 31.2. The van der Waals surface area contributed by atoms with Crippen molar-refractivity contribution >= 4 is 17.5 Å². The molecule has 2 aliphatic rings. The lowest BCUT2D eigenvalue weighted by Crippen LogP contribution is -2.35. The molecule has 4 atom stereocenters. The van der Waals surface area contributed by atoms with Crippen molar-refractivity contribution in [2.24, 2.45) is 11.8 Å². The maximum absolute atomic E-state index is 12.5. The molecule has 1 N–H and O–H groups in total. The number of halogens is 1. The number of benzene rings is 1. The predicted octanol–water partition coefficient (Wildman–Crippen LogP) is 3.06. The molecule has 0 radical (unpaired) electrons. The van der Waals surface area contributed by atoms with E-state index in [4.69, 9.17) is 11.6 Å². The highest BCUT2D eigenvalue weighted by atomic mass is 35.5. The highest BCUT2D eigenvalue weighted by Gasteiger charge is 2.46. The van der Waals surface area contributed by atoms with E-state index in [9.17, 15) is 9.90 Å². The third-order valence-corrected chi connectivity index (χ3v) is 5.26. The molecule has 1 amide bonds. The summed E-state index contributed by atoms with van der Waals surface area (Å²) in [5.74, 6) is 0.770. The number of hydrogen-bond acceptors (Lipinski definition) is 2. The topological polar surface area (TPSA) is 40.5 Å². The number of rotatable bonds is 4. The van der Waals surface area contributed by atoms with Gasteiger partial charge in [0.1, 0.15) is 0 Å². The molecule has 4 unspecified atom stereocenters. The number of amides is 1. The first-order chi connectivity index (χ1) is 10.1. The van der Waals surface area contributed by atoms with Crippen molar-refractivity contribution < 1.29 is 9.90 Å². The first-order valence-corrected chi connectivity index (χ1v) is 8.13. The number of carbonyl (C=O) groups excluding carboxylic acids is 1. The van der Waals surface area contributed by atoms with Gasteiger partial charge in [0, 0.05) is 30.5 Å². The van der Waals surface area contributed by atoms with E-state index in [1.54, 1.807) is 4.90 Å². The summed E-state index contributed by atoms with van der Waals surface area (Å²) in [7, 11) is 1.86. The molecule has 2 aliphatic carbocycles. The van der Waals surface area contributed by atoms with Crippen LogP contribution in [0, 0.1) is 11.8 Å². The van der Waals surface area contributed by atoms with Gasteiger partial charge in [-0.15, -0.1) is 0 Å². The Kier molecular flexibility index (Phi) is 4.23. The molecular formula is C17H22ClNO2. The van der Waals surface area contributed by atoms with E-state index in [1.165, 1.54) is 0 Å². The highest BCUT2D eigenvalue weighted by molar-refractivity contribution is 6.31. The molecule has 2 saturated carbocycles. The second kappa shape index (κ2) is 5.98. The van der Waals surface area contributed by atoms with Gasteiger partial charge >= 0.3 is 0 Å². The van der Waals surface area contributed by atoms with Crippen molar-refractivity contribution in [1.82, 2.24) is 4.90 Å². The Bertz CT molecular complexity index is 533. The fourth-order valence-corrected chi connectivity index (χ4v) is 3.82. The van der Waals surface area contributed by atoms with Crippen molar-refractivity contribution in [2.45, 2.75) is 37.7 Å². The Morgan fingerprint density at radius 1 is 1.38 bits per heavy atom. The van der Waals surface area contributed by atoms with Gasteiger partial charge in [-0.3, -0.25) is 4.79 Å². The standard InChI is InChI=1S/C17H22ClNO2/c1-19(10-11-5-4-8-16(11)20)17(21)14-9-13(14)12-6-2-3-7-15(12)18/h2-3,6-7,11,13-14,16,20H,4-5,8-10H2,1H3. The summed E-state index contributed by atoms with van der Waals surface area (Å²) in [5, 5.41) is 10.6. The SMILES string of the molecule is CN(CC1CCCC1O)C(=O)C1CC1c1ccccc1Cl. The van der Waals surface area contributed by atoms with Gasteiger partial charge in [-0.1, -0.05) is 36.2 Å². The fraction of sp³-hybridized carbons (Fsp3) is 0.588. The Morgan fingerprint density at radius 2 is 2.14 bits per heavy atom. The van der Waals surface area contributed by atoms with Crippen LogP contribution in [-0.2, 0) is 4.79 Å². The van der Waals surface area contributed by atoms with E-state index in [2.05, 4.69) is 0 Å². The lowest BCUT2D eigenvalue weighted by Gasteiger charge is -2.23. The Balaban J connectivity index is 1.58. The zero-order valence-electron chi connectivity index (χ0n) is 12.3. The highest BCUT2D eigenvalue weighted by Crippen LogP contribution is 2.50. The molecular weight excluding hydrogens is 286 g/mol. The van der Waals surface area contributed by atoms with Gasteiger partial charge in [-0.25, -0.2) is 0 Å². The van der Waals surface area contributed by atoms with E-state index in [0.29, 0.717) is 6.54 Å². The minimum Gasteiger partial charge on any atom is -0.393 e. The van der Waals surface area contributed by atoms with Crippen molar-refractivity contribution in [2.75, 3.05) is 13.6 Å². The summed E-state index contributed by atoms with van der Waals surface area (Å²) in [6, 6.07) is 7.79. The van der Waals surface area contributed by atoms with E-state index in [-0.39, 0.29) is 29.8 Å². The summed E-state index contributed by atoms with van der Waals surface area (Å²) in [6.07, 6.45) is 3.62. The molecule has 0 heterocycles. The van der Waals surface area contributed by atoms with Crippen LogP contribution >= 0.6 is 11.6 Å². The van der Waals surface area contributed by atoms with Crippen LogP contribution < -0.4 is 0 Å². The molecule has 1 aromatic carbocycles. The average molecular weight is 308 g/mol. The number of carbonyl (C=O) groups is 1. The van der Waals surface area contributed by atoms with Gasteiger partial charge < -0.3 is 10.0 Å². The molecule has 21 heavy (non-hydrogen) atoms. The van der Waals surface area contributed by atoms with Crippen LogP contribution in [0.25, 0.3) is 0 Å². The molecule has 3 rings (SSSR count). The van der Waals surface area contributed by atoms with E-state index < -0.39 is 0 Å². The zero-order valence-corrected chi connectivity index (χ0v) is 13.1. The van der Waals surface area contributed by atoms with Crippen molar-refractivity contribution in [1.29, 1.82) is 0 Å². The molecule has 0 bridgehead atoms. The second-order valence-electron chi connectivity index (χ2n) is 6.45. The van der Waals surface area contributed by atoms with Crippen molar-refractivity contribution in [3.05, 3.63) is 34.9 Å². The maximum Gasteiger partial charge on any atom is 0.226 e. The summed E-state index contributed by atoms with van der Waals surface area (Å²) < 4.78 is 0. The van der Waals surface area contributed by atoms with Gasteiger partial charge in [-0.2, -0.15) is 0 Å². The minimum absolute atomic E-state index is 0.0634. The minimum atomic E-state index is -0.237. The number of aliphatic hydroxyl groups excluding tert-OH is 1. The number of aliphatic hydroxyl groups is 1. The summed E-state index contributed by atoms with van der Waals surface area (Å²) in [5.41, 5.74) is 1.09. The molecule has 114 valence electrons. The Morgan fingerprint density at radius 3 is 2.81 bits per heavy atom. The summed E-state index contributed by atoms with van der Waals surface area (Å²) in [6.45, 7) is 0.672. The fourth-order valence-electron chi connectivity index (χ4n) is 3.54. The van der Waals surface area contributed by atoms with Crippen LogP contribution in [0.2, 0.25) is 5.02 Å². The Labute approximate surface area is 130 Å². The molecule has 3 nitrogen and oxygen atoms in total. The maximum atomic E-state index is 12.5. The van der Waals surface area contributed by atoms with Gasteiger partial charge in [0.05, 0.1) is 6.10 Å². The molecule has 0 spiro atoms. The van der Waals surface area contributed by atoms with Crippen LogP contribution in [0.3, 0.4) is 0 Å². The molecule has 2 fully saturated rings. The largest absolute Gasteiger partial charge is 0.393 e. The van der Waals surface area contributed by atoms with Gasteiger partial charge in [0.25, 0.3) is 0 Å². The quantitative estimate of drug-likeness (QED) is 0.928. The third-order valence-electron chi connectivity index (χ3n) is 4.92. The first-order valence-electron chi connectivity index (χ1n) is 7.75. The van der Waals surface area contributed by atoms with E-state index >= 15 is 0 Å². The van der Waals surface area contributed by atoms with Crippen LogP contribution in [0.5, 0.6) is 0 Å². The van der Waals surface area contributed by atoms with Crippen molar-refractivity contribution in [3.63, 3.8) is 0 Å². The summed E-state index contributed by atoms with van der Waals surface area (Å²) in [4.78, 5) is 14.3. The first kappa shape index (κ1) is 14.9. The molecule has 0 saturated heterocycles.